The van der Waals surface area contributed by atoms with E-state index in [0.717, 1.165) is 43.4 Å². The number of aliphatic imine (C=N–C) groups is 1. The van der Waals surface area contributed by atoms with Crippen LogP contribution in [0.2, 0.25) is 0 Å². The fourth-order valence-electron chi connectivity index (χ4n) is 3.25. The molecule has 7 nitrogen and oxygen atoms in total. The summed E-state index contributed by atoms with van der Waals surface area (Å²) >= 11 is 0. The second-order valence-electron chi connectivity index (χ2n) is 6.70. The van der Waals surface area contributed by atoms with Gasteiger partial charge < -0.3 is 15.1 Å². The van der Waals surface area contributed by atoms with Crippen LogP contribution in [0.3, 0.4) is 0 Å². The van der Waals surface area contributed by atoms with Crippen LogP contribution in [0.5, 0.6) is 0 Å². The molecule has 2 aromatic rings. The Kier molecular flexibility index (Phi) is 8.86. The van der Waals surface area contributed by atoms with Crippen molar-refractivity contribution in [1.82, 2.24) is 14.9 Å². The maximum atomic E-state index is 13.1. The number of guanidine groups is 1. The molecule has 2 aromatic carbocycles. The Morgan fingerprint density at radius 2 is 1.63 bits per heavy atom. The molecular formula is C20H27FIN5O2S. The Labute approximate surface area is 194 Å². The van der Waals surface area contributed by atoms with Crippen LogP contribution in [0.4, 0.5) is 10.1 Å². The van der Waals surface area contributed by atoms with E-state index in [1.165, 1.54) is 19.2 Å². The van der Waals surface area contributed by atoms with Gasteiger partial charge in [-0.2, -0.15) is 0 Å². The van der Waals surface area contributed by atoms with Crippen molar-refractivity contribution in [2.75, 3.05) is 45.2 Å². The van der Waals surface area contributed by atoms with Gasteiger partial charge >= 0.3 is 0 Å². The Balaban J connectivity index is 0.00000320. The predicted octanol–water partition coefficient (Wildman–Crippen LogP) is 2.25. The second kappa shape index (κ2) is 10.9. The summed E-state index contributed by atoms with van der Waals surface area (Å²) in [6.45, 7) is 3.79. The van der Waals surface area contributed by atoms with Gasteiger partial charge in [0.25, 0.3) is 0 Å². The van der Waals surface area contributed by atoms with E-state index < -0.39 is 10.0 Å². The number of hydrogen-bond donors (Lipinski definition) is 2. The highest BCUT2D eigenvalue weighted by molar-refractivity contribution is 14.0. The summed E-state index contributed by atoms with van der Waals surface area (Å²) in [5, 5.41) is 3.33. The van der Waals surface area contributed by atoms with Crippen molar-refractivity contribution < 1.29 is 12.8 Å². The molecule has 0 bridgehead atoms. The summed E-state index contributed by atoms with van der Waals surface area (Å²) in [5.74, 6) is 0.573. The first-order valence-corrected chi connectivity index (χ1v) is 10.9. The van der Waals surface area contributed by atoms with Crippen molar-refractivity contribution in [1.29, 1.82) is 0 Å². The van der Waals surface area contributed by atoms with Crippen LogP contribution in [-0.2, 0) is 16.6 Å². The van der Waals surface area contributed by atoms with Crippen LogP contribution in [0.15, 0.2) is 58.4 Å². The van der Waals surface area contributed by atoms with Gasteiger partial charge in [-0.3, -0.25) is 4.99 Å². The van der Waals surface area contributed by atoms with E-state index >= 15 is 0 Å². The van der Waals surface area contributed by atoms with Gasteiger partial charge in [0.2, 0.25) is 10.0 Å². The van der Waals surface area contributed by atoms with Gasteiger partial charge in [-0.1, -0.05) is 12.1 Å². The zero-order valence-electron chi connectivity index (χ0n) is 17.0. The number of rotatable bonds is 5. The third-order valence-electron chi connectivity index (χ3n) is 4.94. The molecule has 30 heavy (non-hydrogen) atoms. The molecule has 3 rings (SSSR count). The number of piperazine rings is 1. The summed E-state index contributed by atoms with van der Waals surface area (Å²) in [4.78, 5) is 9.01. The Hall–Kier alpha value is -1.92. The molecule has 10 heteroatoms. The van der Waals surface area contributed by atoms with E-state index in [1.807, 2.05) is 0 Å². The van der Waals surface area contributed by atoms with E-state index in [9.17, 15) is 12.8 Å². The Bertz CT molecular complexity index is 944. The molecule has 1 fully saturated rings. The Morgan fingerprint density at radius 1 is 1.03 bits per heavy atom. The van der Waals surface area contributed by atoms with Gasteiger partial charge in [0.05, 0.1) is 4.90 Å². The molecule has 0 spiro atoms. The molecule has 0 amide bonds. The molecule has 0 aliphatic carbocycles. The largest absolute Gasteiger partial charge is 0.368 e. The highest BCUT2D eigenvalue weighted by Gasteiger charge is 2.20. The third kappa shape index (κ3) is 6.05. The molecule has 164 valence electrons. The summed E-state index contributed by atoms with van der Waals surface area (Å²) < 4.78 is 39.0. The quantitative estimate of drug-likeness (QED) is 0.341. The maximum Gasteiger partial charge on any atom is 0.240 e. The molecular weight excluding hydrogens is 520 g/mol. The average Bonchev–Trinajstić information content (AvgIpc) is 2.75. The zero-order valence-corrected chi connectivity index (χ0v) is 20.2. The van der Waals surface area contributed by atoms with Gasteiger partial charge in [-0.25, -0.2) is 17.5 Å². The second-order valence-corrected chi connectivity index (χ2v) is 8.59. The SMILES string of the molecule is CN=C(NCc1ccc(S(=O)(=O)NC)cc1)N1CCN(c2ccc(F)cc2)CC1.I. The summed E-state index contributed by atoms with van der Waals surface area (Å²) in [7, 11) is -0.286. The van der Waals surface area contributed by atoms with Crippen molar-refractivity contribution in [3.8, 4) is 0 Å². The fraction of sp³-hybridized carbons (Fsp3) is 0.350. The van der Waals surface area contributed by atoms with E-state index in [1.54, 1.807) is 43.4 Å². The molecule has 1 aliphatic rings. The molecule has 1 heterocycles. The zero-order chi connectivity index (χ0) is 20.9. The smallest absolute Gasteiger partial charge is 0.240 e. The lowest BCUT2D eigenvalue weighted by atomic mass is 10.2. The molecule has 1 saturated heterocycles. The predicted molar refractivity (Wildman–Crippen MR) is 128 cm³/mol. The number of benzene rings is 2. The molecule has 0 unspecified atom stereocenters. The third-order valence-corrected chi connectivity index (χ3v) is 6.37. The monoisotopic (exact) mass is 547 g/mol. The van der Waals surface area contributed by atoms with Crippen molar-refractivity contribution in [2.24, 2.45) is 4.99 Å². The van der Waals surface area contributed by atoms with Crippen LogP contribution < -0.4 is 14.9 Å². The van der Waals surface area contributed by atoms with Crippen molar-refractivity contribution in [3.05, 3.63) is 59.9 Å². The van der Waals surface area contributed by atoms with Crippen LogP contribution >= 0.6 is 24.0 Å². The number of sulfonamides is 1. The van der Waals surface area contributed by atoms with Crippen LogP contribution in [0.1, 0.15) is 5.56 Å². The van der Waals surface area contributed by atoms with Gasteiger partial charge in [-0.15, -0.1) is 24.0 Å². The van der Waals surface area contributed by atoms with E-state index in [4.69, 9.17) is 0 Å². The summed E-state index contributed by atoms with van der Waals surface area (Å²) in [6, 6.07) is 13.3. The van der Waals surface area contributed by atoms with E-state index in [-0.39, 0.29) is 34.7 Å². The summed E-state index contributed by atoms with van der Waals surface area (Å²) in [6.07, 6.45) is 0. The fourth-order valence-corrected chi connectivity index (χ4v) is 3.98. The van der Waals surface area contributed by atoms with E-state index in [0.29, 0.717) is 6.54 Å². The first-order chi connectivity index (χ1) is 13.9. The van der Waals surface area contributed by atoms with Gasteiger partial charge in [0.1, 0.15) is 5.82 Å². The normalized spacial score (nSPS) is 15.0. The van der Waals surface area contributed by atoms with Crippen molar-refractivity contribution in [3.63, 3.8) is 0 Å². The average molecular weight is 547 g/mol. The van der Waals surface area contributed by atoms with Crippen LogP contribution in [0.25, 0.3) is 0 Å². The molecule has 0 saturated carbocycles. The van der Waals surface area contributed by atoms with Crippen LogP contribution in [0, 0.1) is 5.82 Å². The lowest BCUT2D eigenvalue weighted by Gasteiger charge is -2.37. The molecule has 0 radical (unpaired) electrons. The summed E-state index contributed by atoms with van der Waals surface area (Å²) in [5.41, 5.74) is 1.98. The standard InChI is InChI=1S/C20H26FN5O2S.HI/c1-22-20(24-15-16-3-9-19(10-4-16)29(27,28)23-2)26-13-11-25(12-14-26)18-7-5-17(21)6-8-18;/h3-10,23H,11-15H2,1-2H3,(H,22,24);1H. The minimum Gasteiger partial charge on any atom is -0.368 e. The number of halogens is 2. The molecule has 0 atom stereocenters. The minimum atomic E-state index is -3.43. The first kappa shape index (κ1) is 24.4. The topological polar surface area (TPSA) is 77.0 Å². The van der Waals surface area contributed by atoms with E-state index in [2.05, 4.69) is 24.8 Å². The van der Waals surface area contributed by atoms with Crippen LogP contribution in [-0.4, -0.2) is 59.6 Å². The van der Waals surface area contributed by atoms with Gasteiger partial charge in [0.15, 0.2) is 5.96 Å². The number of nitrogens with one attached hydrogen (secondary N) is 2. The van der Waals surface area contributed by atoms with Crippen molar-refractivity contribution >= 4 is 45.6 Å². The molecule has 2 N–H and O–H groups in total. The lowest BCUT2D eigenvalue weighted by Crippen LogP contribution is -2.52. The Morgan fingerprint density at radius 3 is 2.17 bits per heavy atom. The first-order valence-electron chi connectivity index (χ1n) is 9.41. The van der Waals surface area contributed by atoms with Gasteiger partial charge in [-0.05, 0) is 49.0 Å². The lowest BCUT2D eigenvalue weighted by molar-refractivity contribution is 0.372. The van der Waals surface area contributed by atoms with Gasteiger partial charge in [0, 0.05) is 45.5 Å². The minimum absolute atomic E-state index is 0. The molecule has 0 aromatic heterocycles. The maximum absolute atomic E-state index is 13.1. The van der Waals surface area contributed by atoms with Crippen molar-refractivity contribution in [2.45, 2.75) is 11.4 Å². The number of hydrogen-bond acceptors (Lipinski definition) is 4. The number of nitrogens with zero attached hydrogens (tertiary/aromatic N) is 3. The highest BCUT2D eigenvalue weighted by atomic mass is 127. The highest BCUT2D eigenvalue weighted by Crippen LogP contribution is 2.17. The molecule has 1 aliphatic heterocycles. The number of anilines is 1.